The van der Waals surface area contributed by atoms with Gasteiger partial charge in [-0.3, -0.25) is 9.69 Å². The van der Waals surface area contributed by atoms with Crippen LogP contribution in [0.1, 0.15) is 70.1 Å². The van der Waals surface area contributed by atoms with E-state index in [2.05, 4.69) is 64.7 Å². The molecule has 5 nitrogen and oxygen atoms in total. The number of thioether (sulfide) groups is 1. The summed E-state index contributed by atoms with van der Waals surface area (Å²) in [5, 5.41) is 0.727. The van der Waals surface area contributed by atoms with Crippen molar-refractivity contribution in [3.8, 4) is 0 Å². The molecule has 0 radical (unpaired) electrons. The molecule has 1 fully saturated rings. The monoisotopic (exact) mass is 505 g/mol. The fourth-order valence-corrected chi connectivity index (χ4v) is 6.67. The lowest BCUT2D eigenvalue weighted by Gasteiger charge is -2.50. The fourth-order valence-electron chi connectivity index (χ4n) is 5.66. The number of rotatable bonds is 7. The van der Waals surface area contributed by atoms with Crippen molar-refractivity contribution in [2.75, 3.05) is 25.2 Å². The van der Waals surface area contributed by atoms with Crippen molar-refractivity contribution in [2.45, 2.75) is 71.9 Å². The number of ether oxygens (including phenoxy) is 1. The number of benzene rings is 2. The van der Waals surface area contributed by atoms with E-state index < -0.39 is 0 Å². The van der Waals surface area contributed by atoms with Crippen LogP contribution in [-0.2, 0) is 9.53 Å². The van der Waals surface area contributed by atoms with Crippen LogP contribution in [0.4, 0.5) is 11.4 Å². The van der Waals surface area contributed by atoms with Crippen LogP contribution >= 0.6 is 11.8 Å². The Labute approximate surface area is 220 Å². The molecular formula is C30H39N3O2S. The third kappa shape index (κ3) is 5.40. The summed E-state index contributed by atoms with van der Waals surface area (Å²) in [7, 11) is 1.69. The number of fused-ring (bicyclic) bond motifs is 1. The number of anilines is 1. The van der Waals surface area contributed by atoms with Gasteiger partial charge in [-0.25, -0.2) is 4.99 Å². The number of methoxy groups -OCH3 is 1. The molecule has 1 amide bonds. The minimum Gasteiger partial charge on any atom is -0.385 e. The van der Waals surface area contributed by atoms with Crippen LogP contribution in [0, 0.1) is 6.92 Å². The second-order valence-electron chi connectivity index (χ2n) is 10.8. The average molecular weight is 506 g/mol. The van der Waals surface area contributed by atoms with Gasteiger partial charge in [-0.05, 0) is 112 Å². The van der Waals surface area contributed by atoms with Crippen LogP contribution in [0.2, 0.25) is 0 Å². The van der Waals surface area contributed by atoms with Crippen molar-refractivity contribution in [1.29, 1.82) is 0 Å². The van der Waals surface area contributed by atoms with E-state index in [1.807, 2.05) is 30.3 Å². The van der Waals surface area contributed by atoms with Gasteiger partial charge in [0, 0.05) is 37.5 Å². The van der Waals surface area contributed by atoms with Crippen molar-refractivity contribution < 1.29 is 9.53 Å². The number of carbonyl (C=O) groups excluding carboxylic acids is 1. The summed E-state index contributed by atoms with van der Waals surface area (Å²) >= 11 is 1.46. The third-order valence-corrected chi connectivity index (χ3v) is 8.07. The van der Waals surface area contributed by atoms with Gasteiger partial charge in [-0.1, -0.05) is 25.1 Å². The maximum atomic E-state index is 13.5. The second-order valence-corrected chi connectivity index (χ2v) is 11.8. The van der Waals surface area contributed by atoms with Crippen molar-refractivity contribution >= 4 is 40.3 Å². The summed E-state index contributed by atoms with van der Waals surface area (Å²) in [6.45, 7) is 14.9. The molecule has 0 bridgehead atoms. The quantitative estimate of drug-likeness (QED) is 0.296. The minimum absolute atomic E-state index is 0.0147. The molecule has 6 heteroatoms. The lowest BCUT2D eigenvalue weighted by molar-refractivity contribution is -0.122. The molecule has 1 atom stereocenters. The van der Waals surface area contributed by atoms with E-state index in [1.54, 1.807) is 12.0 Å². The number of aryl methyl sites for hydroxylation is 1. The van der Waals surface area contributed by atoms with Gasteiger partial charge in [-0.15, -0.1) is 0 Å². The Bertz CT molecular complexity index is 1170. The van der Waals surface area contributed by atoms with Crippen LogP contribution in [0.5, 0.6) is 0 Å². The van der Waals surface area contributed by atoms with E-state index in [1.165, 1.54) is 28.6 Å². The zero-order valence-electron chi connectivity index (χ0n) is 22.7. The summed E-state index contributed by atoms with van der Waals surface area (Å²) in [5.41, 5.74) is 5.94. The maximum absolute atomic E-state index is 13.5. The maximum Gasteiger partial charge on any atom is 0.266 e. The first-order valence-electron chi connectivity index (χ1n) is 12.9. The highest BCUT2D eigenvalue weighted by Gasteiger charge is 2.38. The van der Waals surface area contributed by atoms with E-state index in [4.69, 9.17) is 9.73 Å². The Morgan fingerprint density at radius 2 is 1.94 bits per heavy atom. The SMILES string of the molecule is COCCCN1C(=O)/C(=C/c2cc3c(cc2C)N(C(C)C)C(C)(C)C[C@@H]3C)SC1=Nc1ccccc1. The topological polar surface area (TPSA) is 45.1 Å². The molecule has 36 heavy (non-hydrogen) atoms. The standard InChI is InChI=1S/C30H39N3O2S/c1-20(2)33-26-16-21(3)23(17-25(26)22(4)19-30(33,5)6)18-27-28(34)32(14-11-15-35-7)29(36-27)31-24-12-9-8-10-13-24/h8-10,12-13,16-18,20,22H,11,14-15,19H2,1-7H3/b27-18-,31-29?/t22-/m0/s1. The molecule has 0 saturated carbocycles. The summed E-state index contributed by atoms with van der Waals surface area (Å²) in [6, 6.07) is 14.9. The Kier molecular flexibility index (Phi) is 7.96. The predicted molar refractivity (Wildman–Crippen MR) is 153 cm³/mol. The van der Waals surface area contributed by atoms with Crippen molar-refractivity contribution in [3.63, 3.8) is 0 Å². The second kappa shape index (κ2) is 10.8. The predicted octanol–water partition coefficient (Wildman–Crippen LogP) is 7.14. The van der Waals surface area contributed by atoms with Gasteiger partial charge >= 0.3 is 0 Å². The molecule has 2 aromatic carbocycles. The molecule has 192 valence electrons. The van der Waals surface area contributed by atoms with Crippen LogP contribution in [0.25, 0.3) is 6.08 Å². The lowest BCUT2D eigenvalue weighted by atomic mass is 9.78. The third-order valence-electron chi connectivity index (χ3n) is 7.07. The molecule has 2 aromatic rings. The molecular weight excluding hydrogens is 466 g/mol. The highest BCUT2D eigenvalue weighted by atomic mass is 32.2. The number of amides is 1. The molecule has 2 aliphatic rings. The van der Waals surface area contributed by atoms with Crippen LogP contribution in [0.3, 0.4) is 0 Å². The Balaban J connectivity index is 1.71. The number of nitrogens with zero attached hydrogens (tertiary/aromatic N) is 3. The number of hydrogen-bond acceptors (Lipinski definition) is 5. The molecule has 2 heterocycles. The van der Waals surface area contributed by atoms with Gasteiger partial charge in [0.25, 0.3) is 5.91 Å². The van der Waals surface area contributed by atoms with Gasteiger partial charge in [0.15, 0.2) is 5.17 Å². The Hall–Kier alpha value is -2.57. The zero-order chi connectivity index (χ0) is 26.0. The van der Waals surface area contributed by atoms with Gasteiger partial charge in [0.1, 0.15) is 0 Å². The smallest absolute Gasteiger partial charge is 0.266 e. The average Bonchev–Trinajstić information content (AvgIpc) is 3.09. The van der Waals surface area contributed by atoms with E-state index in [0.29, 0.717) is 25.1 Å². The number of hydrogen-bond donors (Lipinski definition) is 0. The Morgan fingerprint density at radius 1 is 1.22 bits per heavy atom. The minimum atomic E-state index is 0.0147. The van der Waals surface area contributed by atoms with Crippen molar-refractivity contribution in [1.82, 2.24) is 4.90 Å². The number of amidine groups is 1. The van der Waals surface area contributed by atoms with Crippen LogP contribution in [0.15, 0.2) is 52.4 Å². The summed E-state index contributed by atoms with van der Waals surface area (Å²) in [6.07, 6.45) is 3.93. The van der Waals surface area contributed by atoms with E-state index >= 15 is 0 Å². The number of aliphatic imine (C=N–C) groups is 1. The lowest BCUT2D eigenvalue weighted by Crippen LogP contribution is -2.51. The van der Waals surface area contributed by atoms with Gasteiger partial charge in [0.05, 0.1) is 10.6 Å². The number of carbonyl (C=O) groups is 1. The summed E-state index contributed by atoms with van der Waals surface area (Å²) < 4.78 is 5.23. The normalized spacial score (nSPS) is 21.7. The first-order chi connectivity index (χ1) is 17.1. The molecule has 0 aromatic heterocycles. The first kappa shape index (κ1) is 26.5. The van der Waals surface area contributed by atoms with Crippen molar-refractivity contribution in [3.05, 3.63) is 64.1 Å². The van der Waals surface area contributed by atoms with E-state index in [-0.39, 0.29) is 11.4 Å². The van der Waals surface area contributed by atoms with Gasteiger partial charge < -0.3 is 9.64 Å². The van der Waals surface area contributed by atoms with Crippen LogP contribution in [-0.4, -0.2) is 47.8 Å². The van der Waals surface area contributed by atoms with Gasteiger partial charge in [0.2, 0.25) is 0 Å². The summed E-state index contributed by atoms with van der Waals surface area (Å²) in [4.78, 5) is 23.4. The highest BCUT2D eigenvalue weighted by Crippen LogP contribution is 2.46. The molecule has 0 N–H and O–H groups in total. The van der Waals surface area contributed by atoms with Crippen LogP contribution < -0.4 is 4.90 Å². The van der Waals surface area contributed by atoms with Gasteiger partial charge in [-0.2, -0.15) is 0 Å². The largest absolute Gasteiger partial charge is 0.385 e. The molecule has 0 aliphatic carbocycles. The van der Waals surface area contributed by atoms with E-state index in [0.717, 1.165) is 34.2 Å². The van der Waals surface area contributed by atoms with E-state index in [9.17, 15) is 4.79 Å². The zero-order valence-corrected chi connectivity index (χ0v) is 23.5. The number of para-hydroxylation sites is 1. The molecule has 2 aliphatic heterocycles. The van der Waals surface area contributed by atoms with Crippen molar-refractivity contribution in [2.24, 2.45) is 4.99 Å². The first-order valence-corrected chi connectivity index (χ1v) is 13.7. The molecule has 1 saturated heterocycles. The molecule has 0 unspecified atom stereocenters. The molecule has 0 spiro atoms. The fraction of sp³-hybridized carbons (Fsp3) is 0.467. The Morgan fingerprint density at radius 3 is 2.61 bits per heavy atom. The molecule has 4 rings (SSSR count). The highest BCUT2D eigenvalue weighted by molar-refractivity contribution is 8.18. The summed E-state index contributed by atoms with van der Waals surface area (Å²) in [5.74, 6) is 0.469.